The van der Waals surface area contributed by atoms with Gasteiger partial charge in [-0.05, 0) is 18.6 Å². The summed E-state index contributed by atoms with van der Waals surface area (Å²) in [5, 5.41) is 9.57. The Hall–Kier alpha value is -1.95. The van der Waals surface area contributed by atoms with E-state index in [4.69, 9.17) is 9.47 Å². The van der Waals surface area contributed by atoms with Gasteiger partial charge in [-0.15, -0.1) is 0 Å². The molecule has 1 aromatic carbocycles. The SMILES string of the molecule is CCCC1CC(=O)NC(Nc2ccc3c(c2)OCCO3)N1. The first kappa shape index (κ1) is 14.0. The topological polar surface area (TPSA) is 71.6 Å². The molecule has 0 radical (unpaired) electrons. The fourth-order valence-corrected chi connectivity index (χ4v) is 2.69. The van der Waals surface area contributed by atoms with Crippen LogP contribution in [0, 0.1) is 0 Å². The molecule has 6 heteroatoms. The molecule has 1 fully saturated rings. The third-order valence-corrected chi connectivity index (χ3v) is 3.63. The molecule has 0 aliphatic carbocycles. The fourth-order valence-electron chi connectivity index (χ4n) is 2.69. The van der Waals surface area contributed by atoms with E-state index in [9.17, 15) is 4.79 Å². The lowest BCUT2D eigenvalue weighted by molar-refractivity contribution is -0.124. The third-order valence-electron chi connectivity index (χ3n) is 3.63. The number of carbonyl (C=O) groups excluding carboxylic acids is 1. The highest BCUT2D eigenvalue weighted by atomic mass is 16.6. The van der Waals surface area contributed by atoms with Crippen LogP contribution >= 0.6 is 0 Å². The van der Waals surface area contributed by atoms with E-state index in [1.807, 2.05) is 18.2 Å². The van der Waals surface area contributed by atoms with Crippen LogP contribution in [0.4, 0.5) is 5.69 Å². The van der Waals surface area contributed by atoms with Gasteiger partial charge in [-0.1, -0.05) is 13.3 Å². The van der Waals surface area contributed by atoms with E-state index >= 15 is 0 Å². The molecular weight excluding hydrogens is 270 g/mol. The maximum atomic E-state index is 11.7. The van der Waals surface area contributed by atoms with Crippen molar-refractivity contribution >= 4 is 11.6 Å². The maximum absolute atomic E-state index is 11.7. The number of hydrogen-bond acceptors (Lipinski definition) is 5. The van der Waals surface area contributed by atoms with Crippen LogP contribution in [0.3, 0.4) is 0 Å². The number of rotatable bonds is 4. The number of amides is 1. The summed E-state index contributed by atoms with van der Waals surface area (Å²) in [6.07, 6.45) is 2.33. The van der Waals surface area contributed by atoms with Gasteiger partial charge in [0.25, 0.3) is 0 Å². The van der Waals surface area contributed by atoms with Crippen molar-refractivity contribution in [2.75, 3.05) is 18.5 Å². The summed E-state index contributed by atoms with van der Waals surface area (Å²) in [5.74, 6) is 1.57. The van der Waals surface area contributed by atoms with E-state index < -0.39 is 0 Å². The number of anilines is 1. The third kappa shape index (κ3) is 3.39. The summed E-state index contributed by atoms with van der Waals surface area (Å²) in [4.78, 5) is 11.7. The molecule has 114 valence electrons. The largest absolute Gasteiger partial charge is 0.486 e. The Bertz CT molecular complexity index is 521. The molecule has 0 bridgehead atoms. The van der Waals surface area contributed by atoms with Crippen LogP contribution in [0.25, 0.3) is 0 Å². The minimum atomic E-state index is -0.259. The molecule has 1 saturated heterocycles. The Morgan fingerprint density at radius 3 is 2.90 bits per heavy atom. The highest BCUT2D eigenvalue weighted by Gasteiger charge is 2.25. The minimum absolute atomic E-state index is 0.0715. The van der Waals surface area contributed by atoms with Crippen LogP contribution in [0.1, 0.15) is 26.2 Å². The Balaban J connectivity index is 1.66. The first-order valence-corrected chi connectivity index (χ1v) is 7.46. The molecule has 2 unspecified atom stereocenters. The van der Waals surface area contributed by atoms with Gasteiger partial charge < -0.3 is 20.1 Å². The maximum Gasteiger partial charge on any atom is 0.224 e. The molecule has 1 amide bonds. The second-order valence-corrected chi connectivity index (χ2v) is 5.36. The number of nitrogens with one attached hydrogen (secondary N) is 3. The molecule has 3 N–H and O–H groups in total. The first-order valence-electron chi connectivity index (χ1n) is 7.46. The van der Waals surface area contributed by atoms with Crippen LogP contribution in [-0.4, -0.2) is 31.5 Å². The summed E-state index contributed by atoms with van der Waals surface area (Å²) in [6, 6.07) is 5.92. The van der Waals surface area contributed by atoms with E-state index in [0.29, 0.717) is 19.6 Å². The lowest BCUT2D eigenvalue weighted by atomic mass is 10.1. The predicted molar refractivity (Wildman–Crippen MR) is 79.4 cm³/mol. The molecule has 0 aromatic heterocycles. The predicted octanol–water partition coefficient (Wildman–Crippen LogP) is 1.43. The number of carbonyl (C=O) groups is 1. The van der Waals surface area contributed by atoms with E-state index in [0.717, 1.165) is 30.0 Å². The van der Waals surface area contributed by atoms with Crippen molar-refractivity contribution in [1.82, 2.24) is 10.6 Å². The van der Waals surface area contributed by atoms with Crippen LogP contribution in [0.2, 0.25) is 0 Å². The van der Waals surface area contributed by atoms with Crippen molar-refractivity contribution in [3.05, 3.63) is 18.2 Å². The van der Waals surface area contributed by atoms with Crippen molar-refractivity contribution in [2.24, 2.45) is 0 Å². The second kappa shape index (κ2) is 6.22. The standard InChI is InChI=1S/C15H21N3O3/c1-2-3-10-9-14(19)18-15(16-10)17-11-4-5-12-13(8-11)21-7-6-20-12/h4-5,8,10,15-17H,2-3,6-7,9H2,1H3,(H,18,19). The molecule has 6 nitrogen and oxygen atoms in total. The molecule has 0 saturated carbocycles. The highest BCUT2D eigenvalue weighted by molar-refractivity contribution is 5.78. The zero-order chi connectivity index (χ0) is 14.7. The van der Waals surface area contributed by atoms with Crippen molar-refractivity contribution < 1.29 is 14.3 Å². The van der Waals surface area contributed by atoms with Crippen molar-refractivity contribution in [3.8, 4) is 11.5 Å². The summed E-state index contributed by atoms with van der Waals surface area (Å²) >= 11 is 0. The smallest absolute Gasteiger partial charge is 0.224 e. The van der Waals surface area contributed by atoms with Gasteiger partial charge in [-0.25, -0.2) is 0 Å². The monoisotopic (exact) mass is 291 g/mol. The van der Waals surface area contributed by atoms with Gasteiger partial charge >= 0.3 is 0 Å². The molecule has 1 aromatic rings. The summed E-state index contributed by atoms with van der Waals surface area (Å²) in [5.41, 5.74) is 0.884. The molecule has 2 aliphatic heterocycles. The second-order valence-electron chi connectivity index (χ2n) is 5.36. The van der Waals surface area contributed by atoms with E-state index in [1.54, 1.807) is 0 Å². The van der Waals surface area contributed by atoms with Gasteiger partial charge in [-0.2, -0.15) is 0 Å². The average molecular weight is 291 g/mol. The van der Waals surface area contributed by atoms with Crippen LogP contribution < -0.4 is 25.4 Å². The molecule has 2 aliphatic rings. The van der Waals surface area contributed by atoms with Gasteiger partial charge in [0.2, 0.25) is 5.91 Å². The summed E-state index contributed by atoms with van der Waals surface area (Å²) < 4.78 is 11.1. The Kier molecular flexibility index (Phi) is 4.15. The number of hydrogen-bond donors (Lipinski definition) is 3. The van der Waals surface area contributed by atoms with E-state index in [-0.39, 0.29) is 18.2 Å². The molecule has 3 rings (SSSR count). The van der Waals surface area contributed by atoms with Crippen LogP contribution in [0.15, 0.2) is 18.2 Å². The van der Waals surface area contributed by atoms with Gasteiger partial charge in [0.15, 0.2) is 17.8 Å². The number of fused-ring (bicyclic) bond motifs is 1. The average Bonchev–Trinajstić information content (AvgIpc) is 2.47. The summed E-state index contributed by atoms with van der Waals surface area (Å²) in [7, 11) is 0. The number of ether oxygens (including phenoxy) is 2. The zero-order valence-electron chi connectivity index (χ0n) is 12.1. The Morgan fingerprint density at radius 2 is 2.10 bits per heavy atom. The van der Waals surface area contributed by atoms with E-state index in [2.05, 4.69) is 22.9 Å². The Morgan fingerprint density at radius 1 is 1.29 bits per heavy atom. The lowest BCUT2D eigenvalue weighted by Gasteiger charge is -2.32. The van der Waals surface area contributed by atoms with Crippen molar-refractivity contribution in [1.29, 1.82) is 0 Å². The molecule has 0 spiro atoms. The van der Waals surface area contributed by atoms with Gasteiger partial charge in [0.05, 0.1) is 0 Å². The quantitative estimate of drug-likeness (QED) is 0.783. The fraction of sp³-hybridized carbons (Fsp3) is 0.533. The van der Waals surface area contributed by atoms with Gasteiger partial charge in [-0.3, -0.25) is 10.1 Å². The lowest BCUT2D eigenvalue weighted by Crippen LogP contribution is -2.59. The van der Waals surface area contributed by atoms with Gasteiger partial charge in [0.1, 0.15) is 13.2 Å². The first-order chi connectivity index (χ1) is 10.2. The molecule has 21 heavy (non-hydrogen) atoms. The molecular formula is C15H21N3O3. The van der Waals surface area contributed by atoms with Gasteiger partial charge in [0, 0.05) is 24.2 Å². The number of benzene rings is 1. The van der Waals surface area contributed by atoms with E-state index in [1.165, 1.54) is 0 Å². The minimum Gasteiger partial charge on any atom is -0.486 e. The van der Waals surface area contributed by atoms with Crippen molar-refractivity contribution in [2.45, 2.75) is 38.5 Å². The molecule has 2 heterocycles. The molecule has 2 atom stereocenters. The van der Waals surface area contributed by atoms with Crippen LogP contribution in [0.5, 0.6) is 11.5 Å². The highest BCUT2D eigenvalue weighted by Crippen LogP contribution is 2.32. The van der Waals surface area contributed by atoms with Crippen molar-refractivity contribution in [3.63, 3.8) is 0 Å². The summed E-state index contributed by atoms with van der Waals surface area (Å²) in [6.45, 7) is 3.27. The Labute approximate surface area is 124 Å². The normalized spacial score (nSPS) is 24.3. The zero-order valence-corrected chi connectivity index (χ0v) is 12.1. The van der Waals surface area contributed by atoms with Crippen LogP contribution in [-0.2, 0) is 4.79 Å².